The molecular weight excluding hydrogens is 346 g/mol. The summed E-state index contributed by atoms with van der Waals surface area (Å²) < 4.78 is 6.24. The van der Waals surface area contributed by atoms with Crippen LogP contribution in [-0.4, -0.2) is 43.0 Å². The molecule has 7 atom stereocenters. The summed E-state index contributed by atoms with van der Waals surface area (Å²) in [6.07, 6.45) is 11.5. The van der Waals surface area contributed by atoms with Crippen molar-refractivity contribution in [3.05, 3.63) is 0 Å². The number of Topliss-reactive ketones (excluding diaryl/α,β-unsaturated/α-hetero) is 1. The van der Waals surface area contributed by atoms with E-state index in [1.54, 1.807) is 0 Å². The fourth-order valence-electron chi connectivity index (χ4n) is 8.06. The van der Waals surface area contributed by atoms with Crippen molar-refractivity contribution < 1.29 is 9.53 Å². The van der Waals surface area contributed by atoms with E-state index in [0.717, 1.165) is 44.5 Å². The number of carbonyl (C=O) groups is 1. The molecule has 0 bridgehead atoms. The zero-order valence-electron chi connectivity index (χ0n) is 18.8. The Balaban J connectivity index is 1.41. The van der Waals surface area contributed by atoms with Crippen molar-refractivity contribution in [1.82, 2.24) is 4.90 Å². The van der Waals surface area contributed by atoms with E-state index in [0.29, 0.717) is 29.5 Å². The summed E-state index contributed by atoms with van der Waals surface area (Å²) in [4.78, 5) is 15.9. The zero-order chi connectivity index (χ0) is 19.9. The highest BCUT2D eigenvalue weighted by Gasteiger charge is 2.60. The maximum absolute atomic E-state index is 13.5. The molecule has 4 fully saturated rings. The minimum absolute atomic E-state index is 0.0639. The van der Waals surface area contributed by atoms with E-state index in [9.17, 15) is 4.79 Å². The Labute approximate surface area is 173 Å². The molecule has 160 valence electrons. The highest BCUT2D eigenvalue weighted by atomic mass is 16.5. The third kappa shape index (κ3) is 3.39. The molecule has 4 rings (SSSR count). The molecule has 3 nitrogen and oxygen atoms in total. The van der Waals surface area contributed by atoms with Gasteiger partial charge in [-0.15, -0.1) is 0 Å². The normalized spacial score (nSPS) is 45.6. The molecule has 0 heterocycles. The van der Waals surface area contributed by atoms with E-state index in [-0.39, 0.29) is 11.5 Å². The van der Waals surface area contributed by atoms with E-state index in [1.165, 1.54) is 44.9 Å². The summed E-state index contributed by atoms with van der Waals surface area (Å²) >= 11 is 0. The Kier molecular flexibility index (Phi) is 5.97. The van der Waals surface area contributed by atoms with E-state index in [2.05, 4.69) is 32.6 Å². The van der Waals surface area contributed by atoms with Gasteiger partial charge in [0.2, 0.25) is 0 Å². The standard InChI is InChI=1S/C25H43NO2/c1-5-26(6-2)14-15-28-19-16-18-9-10-20-21-8-7-12-24(21,3)13-11-22(20)25(18,4)23(27)17-19/h18-22H,5-17H2,1-4H3/t18?,19?,20-,21-,22+,24-,25-/m0/s1. The van der Waals surface area contributed by atoms with Crippen molar-refractivity contribution in [2.75, 3.05) is 26.2 Å². The van der Waals surface area contributed by atoms with E-state index >= 15 is 0 Å². The minimum atomic E-state index is -0.0639. The third-order valence-corrected chi connectivity index (χ3v) is 9.90. The number of hydrogen-bond acceptors (Lipinski definition) is 3. The molecule has 4 saturated carbocycles. The van der Waals surface area contributed by atoms with Crippen molar-refractivity contribution in [2.24, 2.45) is 34.5 Å². The van der Waals surface area contributed by atoms with Crippen LogP contribution >= 0.6 is 0 Å². The summed E-state index contributed by atoms with van der Waals surface area (Å²) in [6.45, 7) is 13.2. The second-order valence-electron chi connectivity index (χ2n) is 10.9. The first-order chi connectivity index (χ1) is 13.4. The molecule has 0 amide bonds. The van der Waals surface area contributed by atoms with Crippen molar-refractivity contribution in [3.8, 4) is 0 Å². The van der Waals surface area contributed by atoms with Gasteiger partial charge in [-0.25, -0.2) is 0 Å². The Hall–Kier alpha value is -0.410. The molecular formula is C25H43NO2. The quantitative estimate of drug-likeness (QED) is 0.615. The van der Waals surface area contributed by atoms with Crippen molar-refractivity contribution in [3.63, 3.8) is 0 Å². The number of likely N-dealkylation sites (N-methyl/N-ethyl adjacent to an activating group) is 1. The summed E-state index contributed by atoms with van der Waals surface area (Å²) in [5.74, 6) is 3.44. The van der Waals surface area contributed by atoms with Crippen LogP contribution in [0.5, 0.6) is 0 Å². The van der Waals surface area contributed by atoms with E-state index in [4.69, 9.17) is 4.74 Å². The van der Waals surface area contributed by atoms with Crippen LogP contribution in [0.3, 0.4) is 0 Å². The second kappa shape index (κ2) is 8.02. The molecule has 0 radical (unpaired) electrons. The molecule has 0 spiro atoms. The van der Waals surface area contributed by atoms with Gasteiger partial charge >= 0.3 is 0 Å². The van der Waals surface area contributed by atoms with Crippen molar-refractivity contribution in [1.29, 1.82) is 0 Å². The molecule has 0 N–H and O–H groups in total. The summed E-state index contributed by atoms with van der Waals surface area (Å²) in [5, 5.41) is 0. The average Bonchev–Trinajstić information content (AvgIpc) is 3.08. The van der Waals surface area contributed by atoms with Crippen LogP contribution in [0, 0.1) is 34.5 Å². The lowest BCUT2D eigenvalue weighted by Crippen LogP contribution is -2.57. The Morgan fingerprint density at radius 2 is 1.82 bits per heavy atom. The molecule has 0 aromatic carbocycles. The van der Waals surface area contributed by atoms with Gasteiger partial charge in [-0.05, 0) is 87.1 Å². The van der Waals surface area contributed by atoms with Crippen LogP contribution < -0.4 is 0 Å². The Bertz CT molecular complexity index is 573. The smallest absolute Gasteiger partial charge is 0.141 e. The highest BCUT2D eigenvalue weighted by molar-refractivity contribution is 5.86. The van der Waals surface area contributed by atoms with Gasteiger partial charge in [-0.1, -0.05) is 34.1 Å². The number of ketones is 1. The van der Waals surface area contributed by atoms with Crippen LogP contribution in [-0.2, 0) is 9.53 Å². The van der Waals surface area contributed by atoms with Crippen LogP contribution in [0.4, 0.5) is 0 Å². The second-order valence-corrected chi connectivity index (χ2v) is 10.9. The zero-order valence-corrected chi connectivity index (χ0v) is 18.8. The fourth-order valence-corrected chi connectivity index (χ4v) is 8.06. The molecule has 2 unspecified atom stereocenters. The van der Waals surface area contributed by atoms with Gasteiger partial charge in [0, 0.05) is 18.4 Å². The summed E-state index contributed by atoms with van der Waals surface area (Å²) in [7, 11) is 0. The Morgan fingerprint density at radius 3 is 2.57 bits per heavy atom. The number of fused-ring (bicyclic) bond motifs is 5. The lowest BCUT2D eigenvalue weighted by atomic mass is 9.45. The number of carbonyl (C=O) groups excluding carboxylic acids is 1. The van der Waals surface area contributed by atoms with Gasteiger partial charge in [0.15, 0.2) is 0 Å². The van der Waals surface area contributed by atoms with Gasteiger partial charge in [-0.3, -0.25) is 4.79 Å². The SMILES string of the molecule is CCN(CC)CCOC1CC(=O)[C@@]2(C)C(CC[C@@H]3[C@H]2CC[C@]2(C)CCC[C@@H]32)C1. The van der Waals surface area contributed by atoms with E-state index < -0.39 is 0 Å². The first kappa shape index (κ1) is 20.8. The molecule has 0 aromatic heterocycles. The summed E-state index contributed by atoms with van der Waals surface area (Å²) in [5.41, 5.74) is 0.518. The van der Waals surface area contributed by atoms with Gasteiger partial charge in [0.05, 0.1) is 12.7 Å². The minimum Gasteiger partial charge on any atom is -0.376 e. The topological polar surface area (TPSA) is 29.5 Å². The number of hydrogen-bond donors (Lipinski definition) is 0. The maximum Gasteiger partial charge on any atom is 0.141 e. The molecule has 4 aliphatic carbocycles. The predicted molar refractivity (Wildman–Crippen MR) is 114 cm³/mol. The highest BCUT2D eigenvalue weighted by Crippen LogP contribution is 2.65. The molecule has 4 aliphatic rings. The van der Waals surface area contributed by atoms with E-state index in [1.807, 2.05) is 0 Å². The fraction of sp³-hybridized carbons (Fsp3) is 0.960. The van der Waals surface area contributed by atoms with Crippen LogP contribution in [0.1, 0.15) is 85.5 Å². The van der Waals surface area contributed by atoms with Gasteiger partial charge in [0.25, 0.3) is 0 Å². The van der Waals surface area contributed by atoms with Crippen LogP contribution in [0.2, 0.25) is 0 Å². The number of ether oxygens (including phenoxy) is 1. The Morgan fingerprint density at radius 1 is 1.04 bits per heavy atom. The summed E-state index contributed by atoms with van der Waals surface area (Å²) in [6, 6.07) is 0. The first-order valence-corrected chi connectivity index (χ1v) is 12.3. The van der Waals surface area contributed by atoms with Gasteiger partial charge < -0.3 is 9.64 Å². The first-order valence-electron chi connectivity index (χ1n) is 12.3. The third-order valence-electron chi connectivity index (χ3n) is 9.90. The van der Waals surface area contributed by atoms with Crippen molar-refractivity contribution >= 4 is 5.78 Å². The predicted octanol–water partition coefficient (Wildman–Crippen LogP) is 5.33. The molecule has 0 saturated heterocycles. The molecule has 0 aliphatic heterocycles. The monoisotopic (exact) mass is 389 g/mol. The number of nitrogens with zero attached hydrogens (tertiary/aromatic N) is 1. The van der Waals surface area contributed by atoms with Gasteiger partial charge in [-0.2, -0.15) is 0 Å². The molecule has 28 heavy (non-hydrogen) atoms. The van der Waals surface area contributed by atoms with Crippen LogP contribution in [0.25, 0.3) is 0 Å². The maximum atomic E-state index is 13.5. The molecule has 0 aromatic rings. The largest absolute Gasteiger partial charge is 0.376 e. The average molecular weight is 390 g/mol. The van der Waals surface area contributed by atoms with Crippen LogP contribution in [0.15, 0.2) is 0 Å². The lowest BCUT2D eigenvalue weighted by Gasteiger charge is -2.59. The van der Waals surface area contributed by atoms with Gasteiger partial charge in [0.1, 0.15) is 5.78 Å². The number of rotatable bonds is 6. The molecule has 3 heteroatoms. The van der Waals surface area contributed by atoms with Crippen molar-refractivity contribution in [2.45, 2.75) is 91.6 Å². The lowest BCUT2D eigenvalue weighted by molar-refractivity contribution is -0.164.